The van der Waals surface area contributed by atoms with Gasteiger partial charge in [0.1, 0.15) is 5.75 Å². The van der Waals surface area contributed by atoms with E-state index in [1.165, 1.54) is 14.2 Å². The molecule has 0 atom stereocenters. The summed E-state index contributed by atoms with van der Waals surface area (Å²) in [4.78, 5) is 27.5. The van der Waals surface area contributed by atoms with Crippen LogP contribution in [0.1, 0.15) is 10.4 Å². The monoisotopic (exact) mass is 355 g/mol. The summed E-state index contributed by atoms with van der Waals surface area (Å²) in [6, 6.07) is 4.94. The molecular weight excluding hydrogens is 334 g/mol. The van der Waals surface area contributed by atoms with Crippen molar-refractivity contribution in [1.29, 1.82) is 0 Å². The van der Waals surface area contributed by atoms with E-state index in [4.69, 9.17) is 21.1 Å². The Kier molecular flexibility index (Phi) is 6.69. The van der Waals surface area contributed by atoms with Crippen LogP contribution in [0.25, 0.3) is 0 Å². The van der Waals surface area contributed by atoms with Gasteiger partial charge in [-0.15, -0.1) is 0 Å². The molecule has 0 bridgehead atoms. The summed E-state index contributed by atoms with van der Waals surface area (Å²) >= 11 is 5.94. The van der Waals surface area contributed by atoms with Crippen LogP contribution in [-0.4, -0.2) is 75.3 Å². The van der Waals surface area contributed by atoms with E-state index in [2.05, 4.69) is 10.2 Å². The van der Waals surface area contributed by atoms with E-state index in [0.29, 0.717) is 42.5 Å². The fraction of sp³-hybridized carbons (Fsp3) is 0.500. The maximum atomic E-state index is 12.3. The lowest BCUT2D eigenvalue weighted by Crippen LogP contribution is -2.50. The second-order valence-electron chi connectivity index (χ2n) is 5.40. The molecule has 1 aliphatic heterocycles. The van der Waals surface area contributed by atoms with Crippen molar-refractivity contribution < 1.29 is 19.1 Å². The van der Waals surface area contributed by atoms with Crippen molar-refractivity contribution in [3.63, 3.8) is 0 Å². The van der Waals surface area contributed by atoms with Crippen molar-refractivity contribution in [3.05, 3.63) is 28.8 Å². The van der Waals surface area contributed by atoms with Crippen LogP contribution >= 0.6 is 11.6 Å². The minimum Gasteiger partial charge on any atom is -0.496 e. The summed E-state index contributed by atoms with van der Waals surface area (Å²) < 4.78 is 9.89. The van der Waals surface area contributed by atoms with Crippen molar-refractivity contribution in [2.75, 3.05) is 53.5 Å². The van der Waals surface area contributed by atoms with Gasteiger partial charge in [0.05, 0.1) is 19.8 Å². The number of methoxy groups -OCH3 is 2. The highest BCUT2D eigenvalue weighted by atomic mass is 35.5. The molecule has 0 aliphatic carbocycles. The highest BCUT2D eigenvalue weighted by molar-refractivity contribution is 6.31. The lowest BCUT2D eigenvalue weighted by molar-refractivity contribution is 0.0884. The zero-order chi connectivity index (χ0) is 17.5. The average Bonchev–Trinajstić information content (AvgIpc) is 2.61. The largest absolute Gasteiger partial charge is 0.496 e. The van der Waals surface area contributed by atoms with Crippen molar-refractivity contribution in [3.8, 4) is 5.75 Å². The number of rotatable bonds is 5. The molecule has 0 spiro atoms. The van der Waals surface area contributed by atoms with Crippen molar-refractivity contribution in [1.82, 2.24) is 15.1 Å². The number of hydrogen-bond donors (Lipinski definition) is 1. The normalized spacial score (nSPS) is 15.0. The lowest BCUT2D eigenvalue weighted by Gasteiger charge is -2.33. The summed E-state index contributed by atoms with van der Waals surface area (Å²) in [6.07, 6.45) is -0.295. The van der Waals surface area contributed by atoms with Crippen molar-refractivity contribution >= 4 is 23.6 Å². The van der Waals surface area contributed by atoms with E-state index in [-0.39, 0.29) is 12.0 Å². The van der Waals surface area contributed by atoms with Gasteiger partial charge >= 0.3 is 6.09 Å². The number of benzene rings is 1. The van der Waals surface area contributed by atoms with Gasteiger partial charge in [0.2, 0.25) is 0 Å². The Bertz CT molecular complexity index is 589. The molecule has 132 valence electrons. The van der Waals surface area contributed by atoms with Gasteiger partial charge in [0.15, 0.2) is 0 Å². The fourth-order valence-electron chi connectivity index (χ4n) is 2.56. The number of halogens is 1. The molecule has 1 heterocycles. The van der Waals surface area contributed by atoms with Crippen LogP contribution in [0.3, 0.4) is 0 Å². The summed E-state index contributed by atoms with van der Waals surface area (Å²) in [5, 5.41) is 3.35. The molecular formula is C16H22ClN3O4. The van der Waals surface area contributed by atoms with E-state index in [9.17, 15) is 9.59 Å². The Labute approximate surface area is 146 Å². The number of nitrogens with one attached hydrogen (secondary N) is 1. The first kappa shape index (κ1) is 18.4. The van der Waals surface area contributed by atoms with Crippen LogP contribution in [0.2, 0.25) is 5.02 Å². The average molecular weight is 356 g/mol. The maximum Gasteiger partial charge on any atom is 0.409 e. The van der Waals surface area contributed by atoms with Crippen LogP contribution in [0, 0.1) is 0 Å². The molecule has 1 aromatic rings. The zero-order valence-electron chi connectivity index (χ0n) is 13.9. The summed E-state index contributed by atoms with van der Waals surface area (Å²) in [5.74, 6) is 0.270. The molecule has 24 heavy (non-hydrogen) atoms. The van der Waals surface area contributed by atoms with Gasteiger partial charge in [-0.25, -0.2) is 4.79 Å². The number of ether oxygens (including phenoxy) is 2. The van der Waals surface area contributed by atoms with Crippen molar-refractivity contribution in [2.24, 2.45) is 0 Å². The number of carbonyl (C=O) groups excluding carboxylic acids is 2. The van der Waals surface area contributed by atoms with E-state index < -0.39 is 0 Å². The third-order valence-corrected chi connectivity index (χ3v) is 4.16. The lowest BCUT2D eigenvalue weighted by atomic mass is 10.2. The second kappa shape index (κ2) is 8.75. The molecule has 2 amide bonds. The Balaban J connectivity index is 1.78. The third kappa shape index (κ3) is 4.75. The quantitative estimate of drug-likeness (QED) is 0.866. The smallest absolute Gasteiger partial charge is 0.409 e. The van der Waals surface area contributed by atoms with E-state index in [1.807, 2.05) is 0 Å². The first-order valence-corrected chi connectivity index (χ1v) is 8.10. The minimum absolute atomic E-state index is 0.220. The fourth-order valence-corrected chi connectivity index (χ4v) is 2.74. The topological polar surface area (TPSA) is 71.1 Å². The van der Waals surface area contributed by atoms with Gasteiger partial charge in [0, 0.05) is 44.3 Å². The molecule has 2 rings (SSSR count). The highest BCUT2D eigenvalue weighted by Gasteiger charge is 2.21. The van der Waals surface area contributed by atoms with E-state index >= 15 is 0 Å². The zero-order valence-corrected chi connectivity index (χ0v) is 14.6. The molecule has 1 aliphatic rings. The van der Waals surface area contributed by atoms with Gasteiger partial charge in [-0.2, -0.15) is 0 Å². The van der Waals surface area contributed by atoms with Crippen LogP contribution in [-0.2, 0) is 4.74 Å². The second-order valence-corrected chi connectivity index (χ2v) is 5.84. The molecule has 0 unspecified atom stereocenters. The number of hydrogen-bond acceptors (Lipinski definition) is 5. The predicted octanol–water partition coefficient (Wildman–Crippen LogP) is 1.46. The molecule has 1 fully saturated rings. The van der Waals surface area contributed by atoms with E-state index in [0.717, 1.165) is 13.1 Å². The number of carbonyl (C=O) groups is 2. The highest BCUT2D eigenvalue weighted by Crippen LogP contribution is 2.22. The number of nitrogens with zero attached hydrogens (tertiary/aromatic N) is 2. The molecule has 0 saturated carbocycles. The van der Waals surface area contributed by atoms with Crippen molar-refractivity contribution in [2.45, 2.75) is 0 Å². The van der Waals surface area contributed by atoms with Gasteiger partial charge in [-0.1, -0.05) is 11.6 Å². The molecule has 0 aromatic heterocycles. The van der Waals surface area contributed by atoms with Gasteiger partial charge in [-0.3, -0.25) is 9.69 Å². The Hall–Kier alpha value is -1.99. The first-order valence-electron chi connectivity index (χ1n) is 7.72. The third-order valence-electron chi connectivity index (χ3n) is 3.92. The Morgan fingerprint density at radius 2 is 1.92 bits per heavy atom. The minimum atomic E-state index is -0.295. The summed E-state index contributed by atoms with van der Waals surface area (Å²) in [7, 11) is 2.90. The summed E-state index contributed by atoms with van der Waals surface area (Å²) in [6.45, 7) is 3.98. The number of piperazine rings is 1. The molecule has 8 heteroatoms. The Morgan fingerprint density at radius 1 is 1.21 bits per heavy atom. The van der Waals surface area contributed by atoms with Crippen LogP contribution in [0.15, 0.2) is 18.2 Å². The number of amides is 2. The van der Waals surface area contributed by atoms with Gasteiger partial charge in [-0.05, 0) is 18.2 Å². The molecule has 1 N–H and O–H groups in total. The standard InChI is InChI=1S/C16H22ClN3O4/c1-23-14-4-3-12(17)11-13(14)15(21)18-5-6-19-7-9-20(10-8-19)16(22)24-2/h3-4,11H,5-10H2,1-2H3,(H,18,21). The predicted molar refractivity (Wildman–Crippen MR) is 90.8 cm³/mol. The maximum absolute atomic E-state index is 12.3. The van der Waals surface area contributed by atoms with Crippen LogP contribution in [0.5, 0.6) is 5.75 Å². The van der Waals surface area contributed by atoms with E-state index in [1.54, 1.807) is 23.1 Å². The molecule has 0 radical (unpaired) electrons. The molecule has 1 saturated heterocycles. The van der Waals surface area contributed by atoms with Gasteiger partial charge < -0.3 is 19.7 Å². The van der Waals surface area contributed by atoms with Gasteiger partial charge in [0.25, 0.3) is 5.91 Å². The van der Waals surface area contributed by atoms with Crippen LogP contribution < -0.4 is 10.1 Å². The first-order chi connectivity index (χ1) is 11.5. The molecule has 1 aromatic carbocycles. The summed E-state index contributed by atoms with van der Waals surface area (Å²) in [5.41, 5.74) is 0.417. The van der Waals surface area contributed by atoms with Crippen LogP contribution in [0.4, 0.5) is 4.79 Å². The molecule has 7 nitrogen and oxygen atoms in total. The SMILES string of the molecule is COC(=O)N1CCN(CCNC(=O)c2cc(Cl)ccc2OC)CC1. The Morgan fingerprint density at radius 3 is 2.54 bits per heavy atom.